The molecule has 2 N–H and O–H groups in total. The van der Waals surface area contributed by atoms with E-state index >= 15 is 0 Å². The first kappa shape index (κ1) is 13.2. The molecule has 0 aliphatic carbocycles. The van der Waals surface area contributed by atoms with Gasteiger partial charge in [0.2, 0.25) is 5.91 Å². The molecule has 9 heteroatoms. The topological polar surface area (TPSA) is 95.9 Å². The van der Waals surface area contributed by atoms with Crippen molar-refractivity contribution in [3.8, 4) is 0 Å². The second kappa shape index (κ2) is 5.21. The van der Waals surface area contributed by atoms with Gasteiger partial charge in [-0.15, -0.1) is 11.8 Å². The lowest BCUT2D eigenvalue weighted by atomic mass is 10.2. The summed E-state index contributed by atoms with van der Waals surface area (Å²) >= 11 is 2.40. The smallest absolute Gasteiger partial charge is 0.354 e. The molecule has 2 aliphatic rings. The number of hydroxylamine groups is 1. The number of nitrogens with zero attached hydrogens (tertiary/aromatic N) is 1. The summed E-state index contributed by atoms with van der Waals surface area (Å²) in [6.07, 6.45) is 0.343. The zero-order chi connectivity index (χ0) is 13.3. The number of rotatable bonds is 5. The van der Waals surface area contributed by atoms with Gasteiger partial charge in [0.05, 0.1) is 28.9 Å². The Balaban J connectivity index is 2.05. The molecular weight excluding hydrogens is 280 g/mol. The average Bonchev–Trinajstić information content (AvgIpc) is 2.59. The van der Waals surface area contributed by atoms with Crippen LogP contribution in [0.5, 0.6) is 0 Å². The predicted octanol–water partition coefficient (Wildman–Crippen LogP) is -0.0439. The molecule has 0 spiro atoms. The number of thioether (sulfide) groups is 2. The Labute approximate surface area is 111 Å². The highest BCUT2D eigenvalue weighted by Crippen LogP contribution is 2.50. The van der Waals surface area contributed by atoms with Crippen LogP contribution in [-0.4, -0.2) is 46.0 Å². The highest BCUT2D eigenvalue weighted by Gasteiger charge is 2.48. The second-order valence-electron chi connectivity index (χ2n) is 3.50. The lowest BCUT2D eigenvalue weighted by Gasteiger charge is -2.33. The normalized spacial score (nSPS) is 21.7. The first-order valence-electron chi connectivity index (χ1n) is 4.95. The van der Waals surface area contributed by atoms with Gasteiger partial charge >= 0.3 is 5.97 Å². The molecule has 1 atom stereocenters. The summed E-state index contributed by atoms with van der Waals surface area (Å²) < 4.78 is 0.490. The van der Waals surface area contributed by atoms with Gasteiger partial charge in [-0.3, -0.25) is 19.3 Å². The Hall–Kier alpha value is -1.19. The van der Waals surface area contributed by atoms with E-state index in [0.717, 1.165) is 11.8 Å². The molecule has 98 valence electrons. The summed E-state index contributed by atoms with van der Waals surface area (Å²) in [6.45, 7) is 0. The maximum Gasteiger partial charge on any atom is 0.354 e. The number of carboxylic acid groups (broad SMARTS) is 1. The number of aliphatic carboxylic acids is 1. The third kappa shape index (κ3) is 2.33. The molecule has 7 nitrogen and oxygen atoms in total. The van der Waals surface area contributed by atoms with E-state index in [2.05, 4.69) is 10.3 Å². The zero-order valence-corrected chi connectivity index (χ0v) is 11.0. The summed E-state index contributed by atoms with van der Waals surface area (Å²) in [4.78, 5) is 39.4. The van der Waals surface area contributed by atoms with E-state index in [0.29, 0.717) is 10.7 Å². The number of nitrogens with one attached hydrogen (secondary N) is 1. The van der Waals surface area contributed by atoms with E-state index in [1.807, 2.05) is 0 Å². The van der Waals surface area contributed by atoms with Gasteiger partial charge < -0.3 is 5.11 Å². The molecule has 0 saturated carbocycles. The van der Waals surface area contributed by atoms with Crippen molar-refractivity contribution in [2.45, 2.75) is 11.8 Å². The van der Waals surface area contributed by atoms with E-state index in [1.54, 1.807) is 0 Å². The van der Waals surface area contributed by atoms with Crippen molar-refractivity contribution in [1.29, 1.82) is 0 Å². The lowest BCUT2D eigenvalue weighted by molar-refractivity contribution is -0.145. The third-order valence-electron chi connectivity index (χ3n) is 2.34. The van der Waals surface area contributed by atoms with Gasteiger partial charge in [-0.2, -0.15) is 0 Å². The maximum atomic E-state index is 11.3. The Bertz CT molecular complexity index is 450. The summed E-state index contributed by atoms with van der Waals surface area (Å²) in [5, 5.41) is 8.96. The number of hydrogen-bond acceptors (Lipinski definition) is 6. The summed E-state index contributed by atoms with van der Waals surface area (Å²) in [7, 11) is 1.32. The zero-order valence-electron chi connectivity index (χ0n) is 9.34. The number of carbonyl (C=O) groups is 3. The van der Waals surface area contributed by atoms with E-state index in [1.165, 1.54) is 23.8 Å². The molecule has 1 fully saturated rings. The number of hydrogen-bond donors (Lipinski definition) is 2. The van der Waals surface area contributed by atoms with Crippen LogP contribution in [0, 0.1) is 0 Å². The van der Waals surface area contributed by atoms with Crippen molar-refractivity contribution in [3.63, 3.8) is 0 Å². The number of carboxylic acids is 1. The van der Waals surface area contributed by atoms with Crippen molar-refractivity contribution in [2.24, 2.45) is 0 Å². The van der Waals surface area contributed by atoms with Crippen LogP contribution < -0.4 is 5.48 Å². The van der Waals surface area contributed by atoms with Gasteiger partial charge in [0.25, 0.3) is 5.91 Å². The van der Waals surface area contributed by atoms with Gasteiger partial charge in [0, 0.05) is 0 Å². The van der Waals surface area contributed by atoms with Crippen LogP contribution in [0.3, 0.4) is 0 Å². The Morgan fingerprint density at radius 2 is 2.39 bits per heavy atom. The van der Waals surface area contributed by atoms with E-state index < -0.39 is 5.97 Å². The van der Waals surface area contributed by atoms with Crippen LogP contribution in [0.4, 0.5) is 0 Å². The highest BCUT2D eigenvalue weighted by molar-refractivity contribution is 8.23. The third-order valence-corrected chi connectivity index (χ3v) is 4.90. The minimum absolute atomic E-state index is 0.0172. The molecule has 2 heterocycles. The molecule has 0 radical (unpaired) electrons. The number of fused-ring (bicyclic) bond motifs is 1. The quantitative estimate of drug-likeness (QED) is 0.541. The summed E-state index contributed by atoms with van der Waals surface area (Å²) in [5.74, 6) is -1.66. The van der Waals surface area contributed by atoms with Crippen LogP contribution >= 0.6 is 23.5 Å². The molecule has 18 heavy (non-hydrogen) atoms. The SMILES string of the molecule is CONC(=O)CSC1=C(C(=O)O)N2C(=O)C[C@@H]2S1. The molecule has 0 aromatic carbocycles. The first-order valence-corrected chi connectivity index (χ1v) is 6.82. The monoisotopic (exact) mass is 290 g/mol. The van der Waals surface area contributed by atoms with E-state index in [-0.39, 0.29) is 28.6 Å². The van der Waals surface area contributed by atoms with E-state index in [4.69, 9.17) is 5.11 Å². The lowest BCUT2D eigenvalue weighted by Crippen LogP contribution is -2.48. The molecule has 2 amide bonds. The largest absolute Gasteiger partial charge is 0.477 e. The van der Waals surface area contributed by atoms with Crippen LogP contribution in [-0.2, 0) is 19.2 Å². The molecule has 2 rings (SSSR count). The summed E-state index contributed by atoms with van der Waals surface area (Å²) in [5.41, 5.74) is 2.12. The van der Waals surface area contributed by atoms with Gasteiger partial charge in [0.1, 0.15) is 0 Å². The number of β-lactam (4-membered cyclic amide) rings is 1. The van der Waals surface area contributed by atoms with Crippen molar-refractivity contribution >= 4 is 41.3 Å². The molecule has 0 aromatic heterocycles. The van der Waals surface area contributed by atoms with Crippen molar-refractivity contribution in [2.75, 3.05) is 12.9 Å². The molecule has 0 aromatic rings. The van der Waals surface area contributed by atoms with Crippen molar-refractivity contribution < 1.29 is 24.3 Å². The predicted molar refractivity (Wildman–Crippen MR) is 65.1 cm³/mol. The van der Waals surface area contributed by atoms with Gasteiger partial charge in [-0.05, 0) is 0 Å². The van der Waals surface area contributed by atoms with Crippen LogP contribution in [0.1, 0.15) is 6.42 Å². The average molecular weight is 290 g/mol. The van der Waals surface area contributed by atoms with Crippen molar-refractivity contribution in [3.05, 3.63) is 9.93 Å². The van der Waals surface area contributed by atoms with Gasteiger partial charge in [-0.1, -0.05) is 11.8 Å². The Morgan fingerprint density at radius 1 is 1.67 bits per heavy atom. The van der Waals surface area contributed by atoms with Crippen LogP contribution in [0.15, 0.2) is 9.93 Å². The Morgan fingerprint density at radius 3 is 2.94 bits per heavy atom. The fraction of sp³-hybridized carbons (Fsp3) is 0.444. The second-order valence-corrected chi connectivity index (χ2v) is 5.93. The van der Waals surface area contributed by atoms with Gasteiger partial charge in [-0.25, -0.2) is 10.3 Å². The number of carbonyl (C=O) groups excluding carboxylic acids is 2. The van der Waals surface area contributed by atoms with Crippen molar-refractivity contribution in [1.82, 2.24) is 10.4 Å². The first-order chi connectivity index (χ1) is 8.54. The molecule has 2 aliphatic heterocycles. The van der Waals surface area contributed by atoms with E-state index in [9.17, 15) is 14.4 Å². The van der Waals surface area contributed by atoms with Crippen LogP contribution in [0.25, 0.3) is 0 Å². The standard InChI is InChI=1S/C9H10N2O5S2/c1-16-10-4(12)3-17-9-7(8(14)15)11-5(13)2-6(11)18-9/h6H,2-3H2,1H3,(H,10,12)(H,14,15)/t6-/m0/s1. The molecular formula is C9H10N2O5S2. The highest BCUT2D eigenvalue weighted by atomic mass is 32.2. The minimum Gasteiger partial charge on any atom is -0.477 e. The Kier molecular flexibility index (Phi) is 3.83. The van der Waals surface area contributed by atoms with Crippen LogP contribution in [0.2, 0.25) is 0 Å². The molecule has 0 unspecified atom stereocenters. The molecule has 0 bridgehead atoms. The molecule has 1 saturated heterocycles. The van der Waals surface area contributed by atoms with Gasteiger partial charge in [0.15, 0.2) is 5.70 Å². The minimum atomic E-state index is -1.15. The fourth-order valence-corrected chi connectivity index (χ4v) is 4.12. The summed E-state index contributed by atoms with van der Waals surface area (Å²) in [6, 6.07) is 0. The number of amides is 2. The maximum absolute atomic E-state index is 11.3. The fourth-order valence-electron chi connectivity index (χ4n) is 1.60.